The maximum Gasteiger partial charge on any atom is 0.317 e. The standard InChI is InChI=1S/C19H28O4/c20-18(22-10-16-7-12-1-3-14(16)5-12)9-19(21)23-11-17-8-13-2-4-15(17)6-13/h12-17H,1-11H2/t12-,13+,14+,15-,16?,17?. The summed E-state index contributed by atoms with van der Waals surface area (Å²) < 4.78 is 10.7. The first kappa shape index (κ1) is 15.5. The van der Waals surface area contributed by atoms with Crippen LogP contribution in [0.2, 0.25) is 0 Å². The molecule has 0 heterocycles. The van der Waals surface area contributed by atoms with Gasteiger partial charge < -0.3 is 9.47 Å². The molecule has 128 valence electrons. The minimum atomic E-state index is -0.411. The van der Waals surface area contributed by atoms with Crippen molar-refractivity contribution in [2.45, 2.75) is 57.8 Å². The molecule has 0 aromatic heterocycles. The van der Waals surface area contributed by atoms with Crippen LogP contribution in [0.25, 0.3) is 0 Å². The lowest BCUT2D eigenvalue weighted by molar-refractivity contribution is -0.156. The summed E-state index contributed by atoms with van der Waals surface area (Å²) in [5.41, 5.74) is 0. The van der Waals surface area contributed by atoms with E-state index in [0.717, 1.165) is 23.7 Å². The number of rotatable bonds is 6. The van der Waals surface area contributed by atoms with Crippen molar-refractivity contribution < 1.29 is 19.1 Å². The average Bonchev–Trinajstić information content (AvgIpc) is 3.30. The molecule has 4 saturated carbocycles. The molecular formula is C19H28O4. The van der Waals surface area contributed by atoms with Crippen LogP contribution in [0.3, 0.4) is 0 Å². The van der Waals surface area contributed by atoms with Crippen molar-refractivity contribution in [2.24, 2.45) is 35.5 Å². The van der Waals surface area contributed by atoms with Gasteiger partial charge in [0.05, 0.1) is 13.2 Å². The molecule has 4 rings (SSSR count). The average molecular weight is 320 g/mol. The Hall–Kier alpha value is -1.06. The van der Waals surface area contributed by atoms with Crippen molar-refractivity contribution in [2.75, 3.05) is 13.2 Å². The van der Waals surface area contributed by atoms with Gasteiger partial charge in [-0.3, -0.25) is 9.59 Å². The highest BCUT2D eigenvalue weighted by atomic mass is 16.6. The SMILES string of the molecule is O=C(CC(=O)OCC1C[C@@H]2CC[C@H]1C2)OCC1C[C@H]2CC[C@@H]1C2. The zero-order valence-corrected chi connectivity index (χ0v) is 13.9. The zero-order chi connectivity index (χ0) is 15.8. The maximum absolute atomic E-state index is 11.8. The van der Waals surface area contributed by atoms with Crippen LogP contribution in [-0.4, -0.2) is 25.2 Å². The molecule has 4 aliphatic carbocycles. The third kappa shape index (κ3) is 3.41. The molecule has 4 fully saturated rings. The fourth-order valence-corrected chi connectivity index (χ4v) is 5.78. The molecule has 0 aromatic carbocycles. The minimum absolute atomic E-state index is 0.221. The number of ether oxygens (including phenoxy) is 2. The second-order valence-corrected chi connectivity index (χ2v) is 8.41. The summed E-state index contributed by atoms with van der Waals surface area (Å²) in [5.74, 6) is 3.45. The monoisotopic (exact) mass is 320 g/mol. The van der Waals surface area contributed by atoms with Crippen LogP contribution < -0.4 is 0 Å². The van der Waals surface area contributed by atoms with Gasteiger partial charge in [0.15, 0.2) is 0 Å². The van der Waals surface area contributed by atoms with Crippen molar-refractivity contribution in [3.8, 4) is 0 Å². The Morgan fingerprint density at radius 2 is 1.17 bits per heavy atom. The first-order valence-electron chi connectivity index (χ1n) is 9.48. The van der Waals surface area contributed by atoms with Crippen molar-refractivity contribution in [1.29, 1.82) is 0 Å². The Bertz CT molecular complexity index is 432. The number of hydrogen-bond donors (Lipinski definition) is 0. The van der Waals surface area contributed by atoms with Crippen molar-refractivity contribution in [3.05, 3.63) is 0 Å². The molecule has 4 bridgehead atoms. The second kappa shape index (κ2) is 6.45. The van der Waals surface area contributed by atoms with E-state index in [0.29, 0.717) is 25.0 Å². The van der Waals surface area contributed by atoms with Crippen LogP contribution >= 0.6 is 0 Å². The predicted octanol–water partition coefficient (Wildman–Crippen LogP) is 3.34. The van der Waals surface area contributed by atoms with Crippen LogP contribution in [-0.2, 0) is 19.1 Å². The summed E-state index contributed by atoms with van der Waals surface area (Å²) in [7, 11) is 0. The third-order valence-corrected chi connectivity index (χ3v) is 6.97. The van der Waals surface area contributed by atoms with E-state index < -0.39 is 11.9 Å². The molecule has 0 spiro atoms. The Morgan fingerprint density at radius 3 is 1.52 bits per heavy atom. The highest BCUT2D eigenvalue weighted by molar-refractivity contribution is 5.91. The molecule has 4 aliphatic rings. The van der Waals surface area contributed by atoms with Gasteiger partial charge in [0.1, 0.15) is 6.42 Å². The zero-order valence-electron chi connectivity index (χ0n) is 13.9. The van der Waals surface area contributed by atoms with E-state index in [9.17, 15) is 9.59 Å². The normalized spacial score (nSPS) is 40.5. The van der Waals surface area contributed by atoms with Gasteiger partial charge >= 0.3 is 11.9 Å². The summed E-state index contributed by atoms with van der Waals surface area (Å²) in [6.07, 6.45) is 10.1. The molecule has 2 unspecified atom stereocenters. The van der Waals surface area contributed by atoms with E-state index in [1.807, 2.05) is 0 Å². The number of esters is 2. The number of carbonyl (C=O) groups excluding carboxylic acids is 2. The first-order valence-corrected chi connectivity index (χ1v) is 9.48. The van der Waals surface area contributed by atoms with E-state index in [4.69, 9.17) is 9.47 Å². The first-order chi connectivity index (χ1) is 11.2. The Balaban J connectivity index is 1.12. The van der Waals surface area contributed by atoms with E-state index in [-0.39, 0.29) is 6.42 Å². The van der Waals surface area contributed by atoms with Crippen LogP contribution in [0.15, 0.2) is 0 Å². The number of hydrogen-bond acceptors (Lipinski definition) is 4. The van der Waals surface area contributed by atoms with Gasteiger partial charge in [-0.05, 0) is 74.0 Å². The summed E-state index contributed by atoms with van der Waals surface area (Å²) in [4.78, 5) is 23.6. The van der Waals surface area contributed by atoms with Crippen LogP contribution in [0.4, 0.5) is 0 Å². The number of fused-ring (bicyclic) bond motifs is 4. The van der Waals surface area contributed by atoms with Gasteiger partial charge in [-0.2, -0.15) is 0 Å². The molecule has 0 amide bonds. The molecule has 0 aliphatic heterocycles. The molecule has 4 heteroatoms. The van der Waals surface area contributed by atoms with Gasteiger partial charge in [-0.15, -0.1) is 0 Å². The summed E-state index contributed by atoms with van der Waals surface area (Å²) >= 11 is 0. The van der Waals surface area contributed by atoms with Crippen LogP contribution in [0.5, 0.6) is 0 Å². The number of carbonyl (C=O) groups is 2. The molecule has 6 atom stereocenters. The van der Waals surface area contributed by atoms with Gasteiger partial charge in [0.25, 0.3) is 0 Å². The summed E-state index contributed by atoms with van der Waals surface area (Å²) in [6, 6.07) is 0. The highest BCUT2D eigenvalue weighted by Crippen LogP contribution is 2.49. The second-order valence-electron chi connectivity index (χ2n) is 8.41. The molecule has 0 radical (unpaired) electrons. The smallest absolute Gasteiger partial charge is 0.317 e. The lowest BCUT2D eigenvalue weighted by Crippen LogP contribution is -2.23. The molecule has 0 saturated heterocycles. The summed E-state index contributed by atoms with van der Waals surface area (Å²) in [6.45, 7) is 0.999. The van der Waals surface area contributed by atoms with Crippen molar-refractivity contribution in [1.82, 2.24) is 0 Å². The summed E-state index contributed by atoms with van der Waals surface area (Å²) in [5, 5.41) is 0. The van der Waals surface area contributed by atoms with E-state index in [1.165, 1.54) is 51.4 Å². The maximum atomic E-state index is 11.8. The van der Waals surface area contributed by atoms with E-state index in [1.54, 1.807) is 0 Å². The predicted molar refractivity (Wildman–Crippen MR) is 84.4 cm³/mol. The lowest BCUT2D eigenvalue weighted by Gasteiger charge is -2.22. The Morgan fingerprint density at radius 1 is 0.696 bits per heavy atom. The third-order valence-electron chi connectivity index (χ3n) is 6.97. The highest BCUT2D eigenvalue weighted by Gasteiger charge is 2.41. The molecule has 0 aromatic rings. The molecule has 4 nitrogen and oxygen atoms in total. The van der Waals surface area contributed by atoms with Gasteiger partial charge in [0, 0.05) is 0 Å². The molecule has 23 heavy (non-hydrogen) atoms. The topological polar surface area (TPSA) is 52.6 Å². The van der Waals surface area contributed by atoms with Crippen LogP contribution in [0.1, 0.15) is 57.8 Å². The molecular weight excluding hydrogens is 292 g/mol. The Labute approximate surface area is 138 Å². The lowest BCUT2D eigenvalue weighted by atomic mass is 9.89. The largest absolute Gasteiger partial charge is 0.465 e. The van der Waals surface area contributed by atoms with Crippen molar-refractivity contribution in [3.63, 3.8) is 0 Å². The van der Waals surface area contributed by atoms with Gasteiger partial charge in [0.2, 0.25) is 0 Å². The minimum Gasteiger partial charge on any atom is -0.465 e. The fourth-order valence-electron chi connectivity index (χ4n) is 5.78. The van der Waals surface area contributed by atoms with E-state index >= 15 is 0 Å². The van der Waals surface area contributed by atoms with E-state index in [2.05, 4.69) is 0 Å². The quantitative estimate of drug-likeness (QED) is 0.556. The van der Waals surface area contributed by atoms with Crippen LogP contribution in [0, 0.1) is 35.5 Å². The fraction of sp³-hybridized carbons (Fsp3) is 0.895. The van der Waals surface area contributed by atoms with Gasteiger partial charge in [-0.1, -0.05) is 12.8 Å². The Kier molecular flexibility index (Phi) is 4.33. The molecule has 0 N–H and O–H groups in total. The van der Waals surface area contributed by atoms with Gasteiger partial charge in [-0.25, -0.2) is 0 Å². The van der Waals surface area contributed by atoms with Crippen molar-refractivity contribution >= 4 is 11.9 Å².